The number of hydrogen-bond acceptors (Lipinski definition) is 5. The maximum absolute atomic E-state index is 13.9. The van der Waals surface area contributed by atoms with E-state index < -0.39 is 29.1 Å². The van der Waals surface area contributed by atoms with Crippen LogP contribution < -0.4 is 15.7 Å². The number of imidazole rings is 1. The molecule has 5 rings (SSSR count). The Hall–Kier alpha value is -5.06. The molecule has 0 saturated heterocycles. The number of carbonyl (C=O) groups is 1. The Morgan fingerprint density at radius 2 is 1.59 bits per heavy atom. The molecular weight excluding hydrogens is 537 g/mol. The average Bonchev–Trinajstić information content (AvgIpc) is 3.21. The monoisotopic (exact) mass is 562 g/mol. The van der Waals surface area contributed by atoms with Crippen molar-refractivity contribution in [2.75, 3.05) is 5.32 Å². The largest absolute Gasteiger partial charge is 0.489 e. The van der Waals surface area contributed by atoms with Crippen molar-refractivity contribution in [2.45, 2.75) is 33.0 Å². The molecule has 3 aromatic carbocycles. The van der Waals surface area contributed by atoms with Crippen LogP contribution in [0.15, 0.2) is 83.9 Å². The summed E-state index contributed by atoms with van der Waals surface area (Å²) in [5, 5.41) is 2.68. The average molecular weight is 563 g/mol. The Labute approximate surface area is 232 Å². The van der Waals surface area contributed by atoms with Gasteiger partial charge >= 0.3 is 11.8 Å². The second-order valence-corrected chi connectivity index (χ2v) is 10.1. The number of rotatable bonds is 6. The Morgan fingerprint density at radius 3 is 2.32 bits per heavy atom. The van der Waals surface area contributed by atoms with Gasteiger partial charge in [0.1, 0.15) is 23.8 Å². The first-order valence-corrected chi connectivity index (χ1v) is 12.5. The molecule has 1 amide bonds. The first-order valence-electron chi connectivity index (χ1n) is 12.5. The number of aromatic nitrogens is 3. The number of pyridine rings is 1. The van der Waals surface area contributed by atoms with Gasteiger partial charge in [0.2, 0.25) is 0 Å². The fourth-order valence-corrected chi connectivity index (χ4v) is 4.22. The molecule has 0 fully saturated rings. The van der Waals surface area contributed by atoms with Crippen LogP contribution in [0.5, 0.6) is 5.75 Å². The lowest BCUT2D eigenvalue weighted by molar-refractivity contribution is 0.0636. The number of benzene rings is 3. The molecule has 0 radical (unpaired) electrons. The van der Waals surface area contributed by atoms with Crippen molar-refractivity contribution in [3.63, 3.8) is 0 Å². The van der Waals surface area contributed by atoms with E-state index in [0.717, 1.165) is 6.07 Å². The van der Waals surface area contributed by atoms with Crippen molar-refractivity contribution in [3.05, 3.63) is 113 Å². The molecule has 8 nitrogen and oxygen atoms in total. The summed E-state index contributed by atoms with van der Waals surface area (Å²) >= 11 is 0. The third-order valence-corrected chi connectivity index (χ3v) is 5.97. The molecular formula is C30H25F3N4O4. The summed E-state index contributed by atoms with van der Waals surface area (Å²) in [4.78, 5) is 30.2. The molecule has 0 spiro atoms. The van der Waals surface area contributed by atoms with Gasteiger partial charge in [0.15, 0.2) is 11.6 Å². The summed E-state index contributed by atoms with van der Waals surface area (Å²) in [5.41, 5.74) is 1.36. The zero-order valence-corrected chi connectivity index (χ0v) is 22.3. The number of hydrogen-bond donors (Lipinski definition) is 1. The minimum atomic E-state index is -1.28. The zero-order chi connectivity index (χ0) is 29.3. The lowest BCUT2D eigenvalue weighted by atomic mass is 10.2. The zero-order valence-electron chi connectivity index (χ0n) is 22.3. The number of ether oxygens (including phenoxy) is 2. The second-order valence-electron chi connectivity index (χ2n) is 10.1. The standard InChI is InChI=1S/C30H25F3N4O4/c1-30(2,3)41-28(38)35-19-5-4-6-21(14-19)37-26-11-12-34-16-27(26)36(29(37)39)20-7-9-22(10-8-20)40-17-18-13-24(32)25(33)15-23(18)31/h4-16H,17H2,1-3H3,(H,35,38). The highest BCUT2D eigenvalue weighted by Crippen LogP contribution is 2.24. The van der Waals surface area contributed by atoms with Gasteiger partial charge in [-0.25, -0.2) is 22.8 Å². The first-order chi connectivity index (χ1) is 19.5. The van der Waals surface area contributed by atoms with E-state index in [1.165, 1.54) is 9.13 Å². The van der Waals surface area contributed by atoms with E-state index in [4.69, 9.17) is 9.47 Å². The predicted molar refractivity (Wildman–Crippen MR) is 147 cm³/mol. The Kier molecular flexibility index (Phi) is 7.27. The Bertz CT molecular complexity index is 1810. The number of halogens is 3. The minimum Gasteiger partial charge on any atom is -0.489 e. The van der Waals surface area contributed by atoms with Crippen LogP contribution in [-0.4, -0.2) is 25.8 Å². The van der Waals surface area contributed by atoms with Gasteiger partial charge in [0.25, 0.3) is 0 Å². The fourth-order valence-electron chi connectivity index (χ4n) is 4.22. The van der Waals surface area contributed by atoms with Crippen LogP contribution >= 0.6 is 0 Å². The summed E-state index contributed by atoms with van der Waals surface area (Å²) in [6.07, 6.45) is 2.51. The van der Waals surface area contributed by atoms with Crippen LogP contribution in [-0.2, 0) is 11.3 Å². The molecule has 210 valence electrons. The number of fused-ring (bicyclic) bond motifs is 1. The molecule has 2 aromatic heterocycles. The third kappa shape index (κ3) is 5.93. The van der Waals surface area contributed by atoms with Crippen LogP contribution in [0, 0.1) is 17.5 Å². The smallest absolute Gasteiger partial charge is 0.412 e. The molecule has 11 heteroatoms. The molecule has 0 aliphatic rings. The van der Waals surface area contributed by atoms with Crippen LogP contribution in [0.3, 0.4) is 0 Å². The third-order valence-electron chi connectivity index (χ3n) is 5.97. The number of nitrogens with zero attached hydrogens (tertiary/aromatic N) is 3. The number of amides is 1. The molecule has 2 heterocycles. The molecule has 0 bridgehead atoms. The predicted octanol–water partition coefficient (Wildman–Crippen LogP) is 6.52. The van der Waals surface area contributed by atoms with Crippen LogP contribution in [0.2, 0.25) is 0 Å². The van der Waals surface area contributed by atoms with Crippen LogP contribution in [0.1, 0.15) is 26.3 Å². The number of carbonyl (C=O) groups excluding carboxylic acids is 1. The Balaban J connectivity index is 1.44. The van der Waals surface area contributed by atoms with Gasteiger partial charge in [-0.1, -0.05) is 6.07 Å². The highest BCUT2D eigenvalue weighted by atomic mass is 19.2. The molecule has 0 aliphatic heterocycles. The Morgan fingerprint density at radius 1 is 0.878 bits per heavy atom. The lowest BCUT2D eigenvalue weighted by Crippen LogP contribution is -2.27. The highest BCUT2D eigenvalue weighted by molar-refractivity contribution is 5.86. The molecule has 1 N–H and O–H groups in total. The van der Waals surface area contributed by atoms with E-state index in [1.54, 1.807) is 87.8 Å². The van der Waals surface area contributed by atoms with Crippen molar-refractivity contribution in [3.8, 4) is 17.1 Å². The fraction of sp³-hybridized carbons (Fsp3) is 0.167. The van der Waals surface area contributed by atoms with Crippen molar-refractivity contribution in [1.29, 1.82) is 0 Å². The van der Waals surface area contributed by atoms with Gasteiger partial charge in [-0.15, -0.1) is 0 Å². The first kappa shape index (κ1) is 27.5. The van der Waals surface area contributed by atoms with E-state index >= 15 is 0 Å². The summed E-state index contributed by atoms with van der Waals surface area (Å²) in [6, 6.07) is 16.1. The van der Waals surface area contributed by atoms with Gasteiger partial charge in [-0.3, -0.25) is 19.4 Å². The molecule has 41 heavy (non-hydrogen) atoms. The summed E-state index contributed by atoms with van der Waals surface area (Å²) in [6.45, 7) is 4.96. The SMILES string of the molecule is CC(C)(C)OC(=O)Nc1cccc(-n2c(=O)n(-c3ccc(OCc4cc(F)c(F)cc4F)cc3)c3cnccc32)c1. The molecule has 0 aliphatic carbocycles. The van der Waals surface area contributed by atoms with E-state index in [9.17, 15) is 22.8 Å². The van der Waals surface area contributed by atoms with Crippen molar-refractivity contribution >= 4 is 22.8 Å². The van der Waals surface area contributed by atoms with Gasteiger partial charge in [0, 0.05) is 23.5 Å². The molecule has 0 atom stereocenters. The quantitative estimate of drug-likeness (QED) is 0.238. The second kappa shape index (κ2) is 10.8. The summed E-state index contributed by atoms with van der Waals surface area (Å²) in [5.74, 6) is -3.04. The van der Waals surface area contributed by atoms with E-state index in [1.807, 2.05) is 0 Å². The van der Waals surface area contributed by atoms with Gasteiger partial charge < -0.3 is 9.47 Å². The normalized spacial score (nSPS) is 11.5. The lowest BCUT2D eigenvalue weighted by Gasteiger charge is -2.19. The van der Waals surface area contributed by atoms with Crippen molar-refractivity contribution in [1.82, 2.24) is 14.1 Å². The highest BCUT2D eigenvalue weighted by Gasteiger charge is 2.19. The van der Waals surface area contributed by atoms with E-state index in [-0.39, 0.29) is 17.9 Å². The maximum Gasteiger partial charge on any atom is 0.412 e. The van der Waals surface area contributed by atoms with Crippen molar-refractivity contribution in [2.24, 2.45) is 0 Å². The molecule has 0 saturated carbocycles. The molecule has 0 unspecified atom stereocenters. The summed E-state index contributed by atoms with van der Waals surface area (Å²) in [7, 11) is 0. The number of nitrogens with one attached hydrogen (secondary N) is 1. The topological polar surface area (TPSA) is 87.4 Å². The van der Waals surface area contributed by atoms with Gasteiger partial charge in [-0.2, -0.15) is 0 Å². The van der Waals surface area contributed by atoms with Crippen LogP contribution in [0.25, 0.3) is 22.4 Å². The van der Waals surface area contributed by atoms with E-state index in [0.29, 0.717) is 39.9 Å². The molecule has 5 aromatic rings. The van der Waals surface area contributed by atoms with E-state index in [2.05, 4.69) is 10.3 Å². The van der Waals surface area contributed by atoms with Gasteiger partial charge in [-0.05, 0) is 75.4 Å². The van der Waals surface area contributed by atoms with Crippen LogP contribution in [0.4, 0.5) is 23.7 Å². The minimum absolute atomic E-state index is 0.137. The van der Waals surface area contributed by atoms with Crippen molar-refractivity contribution < 1.29 is 27.4 Å². The van der Waals surface area contributed by atoms with Gasteiger partial charge in [0.05, 0.1) is 28.6 Å². The maximum atomic E-state index is 13.9. The summed E-state index contributed by atoms with van der Waals surface area (Å²) < 4.78 is 54.5. The number of anilines is 1.